The molecule has 0 saturated heterocycles. The number of rotatable bonds is 6. The van der Waals surface area contributed by atoms with Crippen LogP contribution in [0.1, 0.15) is 19.4 Å². The van der Waals surface area contributed by atoms with Crippen molar-refractivity contribution in [1.29, 1.82) is 0 Å². The number of thioether (sulfide) groups is 1. The van der Waals surface area contributed by atoms with Gasteiger partial charge in [0.2, 0.25) is 11.8 Å². The van der Waals surface area contributed by atoms with Gasteiger partial charge in [0.25, 0.3) is 0 Å². The van der Waals surface area contributed by atoms with Gasteiger partial charge in [0, 0.05) is 17.4 Å². The maximum absolute atomic E-state index is 12.9. The van der Waals surface area contributed by atoms with E-state index in [-0.39, 0.29) is 34.2 Å². The molecule has 0 unspecified atom stereocenters. The van der Waals surface area contributed by atoms with Crippen LogP contribution in [0, 0.1) is 11.7 Å². The lowest BCUT2D eigenvalue weighted by Crippen LogP contribution is -2.33. The molecule has 3 rings (SSSR count). The van der Waals surface area contributed by atoms with Crippen LogP contribution in [0.15, 0.2) is 52.3 Å². The average Bonchev–Trinajstić information content (AvgIpc) is 2.67. The molecule has 2 aromatic rings. The second kappa shape index (κ2) is 8.54. The standard InChI is InChI=1S/C20H21FN2O4S2/c1-12(19(24)22-10-14-3-5-15(21)6-4-14)11-29(26,27)16-7-8-18-17(9-16)23-20(25)13(2)28-18/h3-9,12-13H,10-11H2,1-2H3,(H,22,24)(H,23,25)/t12-,13+/m1/s1. The lowest BCUT2D eigenvalue weighted by Gasteiger charge is -2.22. The van der Waals surface area contributed by atoms with Crippen molar-refractivity contribution in [3.63, 3.8) is 0 Å². The maximum Gasteiger partial charge on any atom is 0.237 e. The van der Waals surface area contributed by atoms with Gasteiger partial charge in [-0.25, -0.2) is 12.8 Å². The van der Waals surface area contributed by atoms with E-state index in [1.54, 1.807) is 25.1 Å². The van der Waals surface area contributed by atoms with E-state index in [2.05, 4.69) is 10.6 Å². The minimum absolute atomic E-state index is 0.0601. The maximum atomic E-state index is 12.9. The molecule has 0 aliphatic carbocycles. The Bertz CT molecular complexity index is 1040. The number of amides is 2. The Morgan fingerprint density at radius 1 is 1.24 bits per heavy atom. The molecule has 0 bridgehead atoms. The van der Waals surface area contributed by atoms with Crippen molar-refractivity contribution in [3.8, 4) is 0 Å². The van der Waals surface area contributed by atoms with Gasteiger partial charge in [0.1, 0.15) is 5.82 Å². The molecule has 2 amide bonds. The Morgan fingerprint density at radius 2 is 1.93 bits per heavy atom. The summed E-state index contributed by atoms with van der Waals surface area (Å²) in [6.45, 7) is 3.50. The lowest BCUT2D eigenvalue weighted by molar-refractivity contribution is -0.124. The SMILES string of the molecule is C[C@H](CS(=O)(=O)c1ccc2c(c1)NC(=O)[C@H](C)S2)C(=O)NCc1ccc(F)cc1. The normalized spacial score (nSPS) is 17.2. The number of carbonyl (C=O) groups is 2. The molecule has 1 aliphatic heterocycles. The number of carbonyl (C=O) groups excluding carboxylic acids is 2. The van der Waals surface area contributed by atoms with Gasteiger partial charge in [-0.15, -0.1) is 11.8 Å². The minimum atomic E-state index is -3.73. The van der Waals surface area contributed by atoms with Gasteiger partial charge in [0.05, 0.1) is 21.6 Å². The first kappa shape index (κ1) is 21.3. The Hall–Kier alpha value is -2.39. The van der Waals surface area contributed by atoms with Crippen LogP contribution in [0.3, 0.4) is 0 Å². The third-order valence-electron chi connectivity index (χ3n) is 4.54. The van der Waals surface area contributed by atoms with Crippen LogP contribution in [0.5, 0.6) is 0 Å². The van der Waals surface area contributed by atoms with Gasteiger partial charge in [-0.05, 0) is 42.8 Å². The van der Waals surface area contributed by atoms with Gasteiger partial charge in [-0.2, -0.15) is 0 Å². The third-order valence-corrected chi connectivity index (χ3v) is 7.63. The van der Waals surface area contributed by atoms with E-state index < -0.39 is 21.7 Å². The fraction of sp³-hybridized carbons (Fsp3) is 0.300. The number of nitrogens with one attached hydrogen (secondary N) is 2. The summed E-state index contributed by atoms with van der Waals surface area (Å²) in [6, 6.07) is 10.3. The highest BCUT2D eigenvalue weighted by Crippen LogP contribution is 2.37. The minimum Gasteiger partial charge on any atom is -0.352 e. The van der Waals surface area contributed by atoms with Gasteiger partial charge >= 0.3 is 0 Å². The van der Waals surface area contributed by atoms with Crippen LogP contribution in [-0.2, 0) is 26.0 Å². The molecule has 1 aliphatic rings. The number of hydrogen-bond acceptors (Lipinski definition) is 5. The van der Waals surface area contributed by atoms with Crippen molar-refractivity contribution in [3.05, 3.63) is 53.8 Å². The van der Waals surface area contributed by atoms with Crippen molar-refractivity contribution < 1.29 is 22.4 Å². The second-order valence-electron chi connectivity index (χ2n) is 6.93. The molecule has 0 saturated carbocycles. The first-order chi connectivity index (χ1) is 13.7. The number of benzene rings is 2. The van der Waals surface area contributed by atoms with E-state index in [4.69, 9.17) is 0 Å². The molecule has 0 radical (unpaired) electrons. The zero-order chi connectivity index (χ0) is 21.2. The summed E-state index contributed by atoms with van der Waals surface area (Å²) in [5.41, 5.74) is 1.18. The van der Waals surface area contributed by atoms with Crippen molar-refractivity contribution in [1.82, 2.24) is 5.32 Å². The molecule has 0 fully saturated rings. The van der Waals surface area contributed by atoms with Crippen LogP contribution in [0.4, 0.5) is 10.1 Å². The van der Waals surface area contributed by atoms with Crippen LogP contribution in [-0.4, -0.2) is 31.2 Å². The molecule has 0 spiro atoms. The predicted octanol–water partition coefficient (Wildman–Crippen LogP) is 2.98. The predicted molar refractivity (Wildman–Crippen MR) is 110 cm³/mol. The first-order valence-corrected chi connectivity index (χ1v) is 11.6. The topological polar surface area (TPSA) is 92.3 Å². The molecule has 2 aromatic carbocycles. The van der Waals surface area contributed by atoms with Gasteiger partial charge in [0.15, 0.2) is 9.84 Å². The number of anilines is 1. The van der Waals surface area contributed by atoms with Crippen LogP contribution >= 0.6 is 11.8 Å². The fourth-order valence-electron chi connectivity index (χ4n) is 2.85. The van der Waals surface area contributed by atoms with Crippen LogP contribution in [0.2, 0.25) is 0 Å². The Labute approximate surface area is 173 Å². The summed E-state index contributed by atoms with van der Waals surface area (Å²) in [7, 11) is -3.73. The average molecular weight is 437 g/mol. The summed E-state index contributed by atoms with van der Waals surface area (Å²) < 4.78 is 38.4. The second-order valence-corrected chi connectivity index (χ2v) is 10.4. The highest BCUT2D eigenvalue weighted by atomic mass is 32.2. The number of hydrogen-bond donors (Lipinski definition) is 2. The zero-order valence-electron chi connectivity index (χ0n) is 15.9. The van der Waals surface area contributed by atoms with Crippen LogP contribution < -0.4 is 10.6 Å². The van der Waals surface area contributed by atoms with Gasteiger partial charge in [-0.1, -0.05) is 19.1 Å². The number of halogens is 1. The Morgan fingerprint density at radius 3 is 2.62 bits per heavy atom. The molecule has 6 nitrogen and oxygen atoms in total. The molecule has 1 heterocycles. The van der Waals surface area contributed by atoms with Crippen LogP contribution in [0.25, 0.3) is 0 Å². The molecule has 2 N–H and O–H groups in total. The number of fused-ring (bicyclic) bond motifs is 1. The van der Waals surface area contributed by atoms with Crippen molar-refractivity contribution >= 4 is 39.1 Å². The van der Waals surface area contributed by atoms with E-state index in [1.807, 2.05) is 0 Å². The van der Waals surface area contributed by atoms with E-state index in [9.17, 15) is 22.4 Å². The summed E-state index contributed by atoms with van der Waals surface area (Å²) in [6.07, 6.45) is 0. The third kappa shape index (κ3) is 5.16. The lowest BCUT2D eigenvalue weighted by atomic mass is 10.2. The summed E-state index contributed by atoms with van der Waals surface area (Å²) in [5.74, 6) is -2.09. The van der Waals surface area contributed by atoms with E-state index in [0.29, 0.717) is 11.3 Å². The van der Waals surface area contributed by atoms with E-state index in [0.717, 1.165) is 4.90 Å². The van der Waals surface area contributed by atoms with Crippen molar-refractivity contribution in [2.75, 3.05) is 11.1 Å². The van der Waals surface area contributed by atoms with Crippen molar-refractivity contribution in [2.24, 2.45) is 5.92 Å². The molecule has 2 atom stereocenters. The largest absolute Gasteiger partial charge is 0.352 e. The molecule has 29 heavy (non-hydrogen) atoms. The molecular weight excluding hydrogens is 415 g/mol. The van der Waals surface area contributed by atoms with Gasteiger partial charge in [-0.3, -0.25) is 9.59 Å². The fourth-order valence-corrected chi connectivity index (χ4v) is 5.35. The Kier molecular flexibility index (Phi) is 6.28. The first-order valence-electron chi connectivity index (χ1n) is 9.02. The highest BCUT2D eigenvalue weighted by Gasteiger charge is 2.27. The van der Waals surface area contributed by atoms with E-state index >= 15 is 0 Å². The molecule has 9 heteroatoms. The molecule has 0 aromatic heterocycles. The Balaban J connectivity index is 1.65. The number of sulfone groups is 1. The zero-order valence-corrected chi connectivity index (χ0v) is 17.6. The monoisotopic (exact) mass is 436 g/mol. The summed E-state index contributed by atoms with van der Waals surface area (Å²) in [4.78, 5) is 25.0. The summed E-state index contributed by atoms with van der Waals surface area (Å²) in [5, 5.41) is 5.14. The molecule has 154 valence electrons. The van der Waals surface area contributed by atoms with E-state index in [1.165, 1.54) is 43.0 Å². The smallest absolute Gasteiger partial charge is 0.237 e. The van der Waals surface area contributed by atoms with Gasteiger partial charge < -0.3 is 10.6 Å². The highest BCUT2D eigenvalue weighted by molar-refractivity contribution is 8.01. The summed E-state index contributed by atoms with van der Waals surface area (Å²) >= 11 is 1.37. The molecular formula is C20H21FN2O4S2. The quantitative estimate of drug-likeness (QED) is 0.726. The van der Waals surface area contributed by atoms with Crippen molar-refractivity contribution in [2.45, 2.75) is 35.4 Å².